The number of rotatable bonds is 4. The summed E-state index contributed by atoms with van der Waals surface area (Å²) < 4.78 is 5.16. The van der Waals surface area contributed by atoms with Gasteiger partial charge in [0.25, 0.3) is 5.91 Å². The highest BCUT2D eigenvalue weighted by Gasteiger charge is 2.36. The van der Waals surface area contributed by atoms with Gasteiger partial charge in [0.15, 0.2) is 0 Å². The second-order valence-corrected chi connectivity index (χ2v) is 5.59. The van der Waals surface area contributed by atoms with E-state index in [-0.39, 0.29) is 12.5 Å². The Bertz CT molecular complexity index is 807. The van der Waals surface area contributed by atoms with Crippen LogP contribution in [0.15, 0.2) is 54.6 Å². The van der Waals surface area contributed by atoms with Gasteiger partial charge in [0.2, 0.25) is 0 Å². The molecule has 1 saturated heterocycles. The summed E-state index contributed by atoms with van der Waals surface area (Å²) in [4.78, 5) is 36.5. The minimum absolute atomic E-state index is 0.161. The Morgan fingerprint density at radius 1 is 1.16 bits per heavy atom. The van der Waals surface area contributed by atoms with E-state index >= 15 is 0 Å². The quantitative estimate of drug-likeness (QED) is 0.838. The van der Waals surface area contributed by atoms with E-state index in [9.17, 15) is 14.4 Å². The monoisotopic (exact) mass is 339 g/mol. The molecule has 4 amide bonds. The lowest BCUT2D eigenvalue weighted by Gasteiger charge is -2.11. The van der Waals surface area contributed by atoms with Crippen molar-refractivity contribution in [2.75, 3.05) is 12.4 Å². The molecule has 2 N–H and O–H groups in total. The molecule has 0 bridgehead atoms. The van der Waals surface area contributed by atoms with Crippen LogP contribution < -0.4 is 10.6 Å². The number of nitrogens with zero attached hydrogens (tertiary/aromatic N) is 1. The van der Waals surface area contributed by atoms with E-state index in [4.69, 9.17) is 4.74 Å². The zero-order valence-corrected chi connectivity index (χ0v) is 13.6. The first kappa shape index (κ1) is 16.5. The van der Waals surface area contributed by atoms with Crippen LogP contribution in [-0.4, -0.2) is 30.0 Å². The molecule has 3 rings (SSSR count). The molecule has 1 atom stereocenters. The van der Waals surface area contributed by atoms with Gasteiger partial charge in [0, 0.05) is 12.7 Å². The van der Waals surface area contributed by atoms with Gasteiger partial charge in [-0.15, -0.1) is 0 Å². The van der Waals surface area contributed by atoms with Crippen LogP contribution in [0.1, 0.15) is 17.2 Å². The van der Waals surface area contributed by atoms with E-state index in [1.807, 2.05) is 30.3 Å². The maximum atomic E-state index is 12.0. The summed E-state index contributed by atoms with van der Waals surface area (Å²) in [6.07, 6.45) is -0.597. The molecule has 0 spiro atoms. The number of urea groups is 1. The van der Waals surface area contributed by atoms with Gasteiger partial charge in [-0.2, -0.15) is 0 Å². The number of imide groups is 1. The maximum absolute atomic E-state index is 12.0. The molecule has 0 aromatic heterocycles. The van der Waals surface area contributed by atoms with Crippen LogP contribution in [0.4, 0.5) is 15.3 Å². The summed E-state index contributed by atoms with van der Waals surface area (Å²) in [6.45, 7) is 0.161. The van der Waals surface area contributed by atoms with Crippen molar-refractivity contribution >= 4 is 23.7 Å². The van der Waals surface area contributed by atoms with Crippen molar-refractivity contribution in [2.24, 2.45) is 0 Å². The zero-order chi connectivity index (χ0) is 17.8. The number of carbonyl (C=O) groups excluding carboxylic acids is 3. The number of benzene rings is 2. The van der Waals surface area contributed by atoms with Gasteiger partial charge in [0.1, 0.15) is 12.6 Å². The summed E-state index contributed by atoms with van der Waals surface area (Å²) in [5, 5.41) is 5.20. The molecule has 0 radical (unpaired) electrons. The molecule has 128 valence electrons. The molecule has 1 heterocycles. The van der Waals surface area contributed by atoms with Gasteiger partial charge in [-0.1, -0.05) is 42.5 Å². The predicted octanol–water partition coefficient (Wildman–Crippen LogP) is 2.66. The van der Waals surface area contributed by atoms with Gasteiger partial charge in [-0.3, -0.25) is 15.0 Å². The second-order valence-electron chi connectivity index (χ2n) is 5.59. The van der Waals surface area contributed by atoms with Crippen LogP contribution in [0.5, 0.6) is 0 Å². The van der Waals surface area contributed by atoms with Crippen molar-refractivity contribution in [3.05, 3.63) is 65.7 Å². The number of nitrogens with one attached hydrogen (secondary N) is 2. The van der Waals surface area contributed by atoms with Crippen molar-refractivity contribution < 1.29 is 19.1 Å². The molecule has 1 aliphatic rings. The SMILES string of the molecule is CN1C(=O)NC(c2cccc(NC(=O)OCc3ccccc3)c2)C1=O. The summed E-state index contributed by atoms with van der Waals surface area (Å²) in [6, 6.07) is 14.9. The fraction of sp³-hybridized carbons (Fsp3) is 0.167. The standard InChI is InChI=1S/C18H17N3O4/c1-21-16(22)15(20-17(21)23)13-8-5-9-14(10-13)19-18(24)25-11-12-6-3-2-4-7-12/h2-10,15H,11H2,1H3,(H,19,24)(H,20,23). The molecule has 0 aliphatic carbocycles. The van der Waals surface area contributed by atoms with Gasteiger partial charge < -0.3 is 10.1 Å². The summed E-state index contributed by atoms with van der Waals surface area (Å²) >= 11 is 0. The van der Waals surface area contributed by atoms with Crippen LogP contribution in [0, 0.1) is 0 Å². The first-order chi connectivity index (χ1) is 12.0. The van der Waals surface area contributed by atoms with Crippen LogP contribution in [0.25, 0.3) is 0 Å². The highest BCUT2D eigenvalue weighted by Crippen LogP contribution is 2.23. The average molecular weight is 339 g/mol. The smallest absolute Gasteiger partial charge is 0.411 e. The van der Waals surface area contributed by atoms with Crippen LogP contribution in [0.2, 0.25) is 0 Å². The van der Waals surface area contributed by atoms with E-state index in [1.54, 1.807) is 24.3 Å². The predicted molar refractivity (Wildman–Crippen MR) is 90.7 cm³/mol. The number of hydrogen-bond donors (Lipinski definition) is 2. The van der Waals surface area contributed by atoms with Crippen LogP contribution >= 0.6 is 0 Å². The number of amides is 4. The lowest BCUT2D eigenvalue weighted by molar-refractivity contribution is -0.126. The normalized spacial score (nSPS) is 16.5. The number of likely N-dealkylation sites (N-methyl/N-ethyl adjacent to an activating group) is 1. The van der Waals surface area contributed by atoms with E-state index in [2.05, 4.69) is 10.6 Å². The Balaban J connectivity index is 1.63. The first-order valence-corrected chi connectivity index (χ1v) is 7.70. The molecule has 1 aliphatic heterocycles. The number of anilines is 1. The number of hydrogen-bond acceptors (Lipinski definition) is 4. The minimum Gasteiger partial charge on any atom is -0.444 e. The third-order valence-electron chi connectivity index (χ3n) is 3.83. The third kappa shape index (κ3) is 3.77. The maximum Gasteiger partial charge on any atom is 0.411 e. The molecular weight excluding hydrogens is 322 g/mol. The molecule has 1 fully saturated rings. The number of ether oxygens (including phenoxy) is 1. The molecule has 2 aromatic rings. The summed E-state index contributed by atoms with van der Waals surface area (Å²) in [5.41, 5.74) is 1.95. The average Bonchev–Trinajstić information content (AvgIpc) is 2.88. The Labute approximate surface area is 144 Å². The van der Waals surface area contributed by atoms with Crippen molar-refractivity contribution in [3.63, 3.8) is 0 Å². The molecule has 2 aromatic carbocycles. The van der Waals surface area contributed by atoms with Crippen LogP contribution in [-0.2, 0) is 16.1 Å². The molecular formula is C18H17N3O4. The molecule has 7 heteroatoms. The largest absolute Gasteiger partial charge is 0.444 e. The Kier molecular flexibility index (Phi) is 4.65. The van der Waals surface area contributed by atoms with E-state index in [0.717, 1.165) is 10.5 Å². The van der Waals surface area contributed by atoms with E-state index < -0.39 is 18.2 Å². The Morgan fingerprint density at radius 2 is 1.92 bits per heavy atom. The third-order valence-corrected chi connectivity index (χ3v) is 3.83. The van der Waals surface area contributed by atoms with E-state index in [0.29, 0.717) is 11.3 Å². The highest BCUT2D eigenvalue weighted by atomic mass is 16.5. The van der Waals surface area contributed by atoms with Crippen LogP contribution in [0.3, 0.4) is 0 Å². The fourth-order valence-electron chi connectivity index (χ4n) is 2.47. The zero-order valence-electron chi connectivity index (χ0n) is 13.6. The molecule has 7 nitrogen and oxygen atoms in total. The van der Waals surface area contributed by atoms with Gasteiger partial charge >= 0.3 is 12.1 Å². The lowest BCUT2D eigenvalue weighted by Crippen LogP contribution is -2.25. The first-order valence-electron chi connectivity index (χ1n) is 7.70. The molecule has 1 unspecified atom stereocenters. The van der Waals surface area contributed by atoms with Crippen molar-refractivity contribution in [1.82, 2.24) is 10.2 Å². The topological polar surface area (TPSA) is 87.7 Å². The Hall–Kier alpha value is -3.35. The van der Waals surface area contributed by atoms with E-state index in [1.165, 1.54) is 7.05 Å². The van der Waals surface area contributed by atoms with Crippen molar-refractivity contribution in [1.29, 1.82) is 0 Å². The summed E-state index contributed by atoms with van der Waals surface area (Å²) in [7, 11) is 1.42. The van der Waals surface area contributed by atoms with Crippen molar-refractivity contribution in [2.45, 2.75) is 12.6 Å². The Morgan fingerprint density at radius 3 is 2.60 bits per heavy atom. The van der Waals surface area contributed by atoms with Gasteiger partial charge in [-0.05, 0) is 23.3 Å². The van der Waals surface area contributed by atoms with Gasteiger partial charge in [-0.25, -0.2) is 9.59 Å². The fourth-order valence-corrected chi connectivity index (χ4v) is 2.47. The highest BCUT2D eigenvalue weighted by molar-refractivity contribution is 6.04. The van der Waals surface area contributed by atoms with Gasteiger partial charge in [0.05, 0.1) is 0 Å². The summed E-state index contributed by atoms with van der Waals surface area (Å²) in [5.74, 6) is -0.339. The number of carbonyl (C=O) groups is 3. The lowest BCUT2D eigenvalue weighted by atomic mass is 10.1. The van der Waals surface area contributed by atoms with Crippen molar-refractivity contribution in [3.8, 4) is 0 Å². The molecule has 25 heavy (non-hydrogen) atoms. The second kappa shape index (κ2) is 7.04. The molecule has 0 saturated carbocycles. The minimum atomic E-state index is -0.750.